The van der Waals surface area contributed by atoms with Crippen molar-refractivity contribution in [2.45, 2.75) is 19.6 Å². The van der Waals surface area contributed by atoms with Crippen molar-refractivity contribution in [3.05, 3.63) is 28.8 Å². The molecule has 1 heterocycles. The maximum Gasteiger partial charge on any atom is 0.351 e. The van der Waals surface area contributed by atoms with Gasteiger partial charge in [-0.3, -0.25) is 0 Å². The van der Waals surface area contributed by atoms with Gasteiger partial charge in [-0.15, -0.1) is 11.8 Å². The van der Waals surface area contributed by atoms with Gasteiger partial charge in [-0.25, -0.2) is 9.59 Å². The van der Waals surface area contributed by atoms with Crippen molar-refractivity contribution in [1.29, 1.82) is 0 Å². The third kappa shape index (κ3) is 3.76. The van der Waals surface area contributed by atoms with Gasteiger partial charge in [-0.1, -0.05) is 0 Å². The van der Waals surface area contributed by atoms with Crippen LogP contribution in [0.2, 0.25) is 0 Å². The number of methoxy groups -OCH3 is 2. The van der Waals surface area contributed by atoms with Crippen LogP contribution in [0.15, 0.2) is 28.8 Å². The summed E-state index contributed by atoms with van der Waals surface area (Å²) in [6, 6.07) is 5.14. The van der Waals surface area contributed by atoms with E-state index in [1.165, 1.54) is 39.8 Å². The summed E-state index contributed by atoms with van der Waals surface area (Å²) in [5.41, 5.74) is 0.451. The molecule has 0 unspecified atom stereocenters. The molecule has 0 aromatic heterocycles. The lowest BCUT2D eigenvalue weighted by Gasteiger charge is -2.30. The Balaban J connectivity index is 2.35. The van der Waals surface area contributed by atoms with E-state index in [2.05, 4.69) is 5.32 Å². The molecule has 0 aliphatic carbocycles. The highest BCUT2D eigenvalue weighted by Crippen LogP contribution is 2.33. The van der Waals surface area contributed by atoms with Crippen LogP contribution in [0.4, 0.5) is 5.69 Å². The first-order chi connectivity index (χ1) is 11.3. The minimum atomic E-state index is -1.27. The third-order valence-electron chi connectivity index (χ3n) is 3.16. The number of benzene rings is 1. The van der Waals surface area contributed by atoms with Crippen molar-refractivity contribution in [3.8, 4) is 11.5 Å². The molecule has 1 aliphatic heterocycles. The molecular formula is C16H19NO6S. The van der Waals surface area contributed by atoms with Crippen LogP contribution in [0.3, 0.4) is 0 Å². The summed E-state index contributed by atoms with van der Waals surface area (Å²) in [7, 11) is 3.06. The Bertz CT molecular complexity index is 676. The predicted molar refractivity (Wildman–Crippen MR) is 90.0 cm³/mol. The van der Waals surface area contributed by atoms with E-state index in [1.54, 1.807) is 24.5 Å². The number of rotatable bonds is 5. The van der Waals surface area contributed by atoms with E-state index in [4.69, 9.17) is 18.9 Å². The lowest BCUT2D eigenvalue weighted by molar-refractivity contribution is -0.222. The molecule has 0 atom stereocenters. The zero-order valence-corrected chi connectivity index (χ0v) is 14.9. The van der Waals surface area contributed by atoms with Gasteiger partial charge in [-0.2, -0.15) is 0 Å². The van der Waals surface area contributed by atoms with Gasteiger partial charge >= 0.3 is 11.9 Å². The molecule has 0 saturated carbocycles. The van der Waals surface area contributed by atoms with Crippen LogP contribution in [-0.2, 0) is 19.1 Å². The van der Waals surface area contributed by atoms with Gasteiger partial charge < -0.3 is 24.3 Å². The standard InChI is InChI=1S/C16H19NO6S/c1-16(2)22-14(18)12(15(19)23-16)13(24-5)17-9-6-7-10(20-3)11(8-9)21-4/h6-8,17H,1-5H3. The molecule has 8 heteroatoms. The molecule has 1 fully saturated rings. The Morgan fingerprint density at radius 3 is 2.17 bits per heavy atom. The Morgan fingerprint density at radius 1 is 1.08 bits per heavy atom. The highest BCUT2D eigenvalue weighted by Gasteiger charge is 2.41. The number of nitrogens with one attached hydrogen (secondary N) is 1. The van der Waals surface area contributed by atoms with Crippen LogP contribution in [0.5, 0.6) is 11.5 Å². The number of hydrogen-bond acceptors (Lipinski definition) is 8. The van der Waals surface area contributed by atoms with Gasteiger partial charge in [0.05, 0.1) is 19.2 Å². The molecule has 1 aliphatic rings. The average Bonchev–Trinajstić information content (AvgIpc) is 2.51. The summed E-state index contributed by atoms with van der Waals surface area (Å²) in [5, 5.41) is 3.34. The number of carbonyl (C=O) groups excluding carboxylic acids is 2. The number of hydrogen-bond donors (Lipinski definition) is 1. The Kier molecular flexibility index (Phi) is 5.28. The first-order valence-electron chi connectivity index (χ1n) is 7.05. The molecule has 0 bridgehead atoms. The van der Waals surface area contributed by atoms with Crippen molar-refractivity contribution in [2.75, 3.05) is 25.8 Å². The number of cyclic esters (lactones) is 2. The lowest BCUT2D eigenvalue weighted by atomic mass is 10.2. The molecule has 7 nitrogen and oxygen atoms in total. The number of esters is 2. The first-order valence-corrected chi connectivity index (χ1v) is 8.27. The third-order valence-corrected chi connectivity index (χ3v) is 3.87. The largest absolute Gasteiger partial charge is 0.493 e. The molecule has 1 aromatic rings. The molecule has 1 aromatic carbocycles. The van der Waals surface area contributed by atoms with E-state index < -0.39 is 17.7 Å². The highest BCUT2D eigenvalue weighted by molar-refractivity contribution is 8.02. The topological polar surface area (TPSA) is 83.1 Å². The number of ether oxygens (including phenoxy) is 4. The zero-order chi connectivity index (χ0) is 17.9. The minimum absolute atomic E-state index is 0.170. The number of anilines is 1. The highest BCUT2D eigenvalue weighted by atomic mass is 32.2. The van der Waals surface area contributed by atoms with Gasteiger partial charge in [0.2, 0.25) is 0 Å². The zero-order valence-electron chi connectivity index (χ0n) is 14.1. The lowest BCUT2D eigenvalue weighted by Crippen LogP contribution is -2.42. The van der Waals surface area contributed by atoms with Gasteiger partial charge in [0, 0.05) is 25.6 Å². The minimum Gasteiger partial charge on any atom is -0.493 e. The summed E-state index contributed by atoms with van der Waals surface area (Å²) < 4.78 is 20.7. The summed E-state index contributed by atoms with van der Waals surface area (Å²) >= 11 is 1.20. The fraction of sp³-hybridized carbons (Fsp3) is 0.375. The molecule has 2 rings (SSSR count). The van der Waals surface area contributed by atoms with Gasteiger partial charge in [0.1, 0.15) is 0 Å². The molecule has 0 spiro atoms. The van der Waals surface area contributed by atoms with E-state index in [9.17, 15) is 9.59 Å². The predicted octanol–water partition coefficient (Wildman–Crippen LogP) is 2.53. The first kappa shape index (κ1) is 18.0. The molecule has 24 heavy (non-hydrogen) atoms. The van der Waals surface area contributed by atoms with Crippen molar-refractivity contribution in [2.24, 2.45) is 0 Å². The normalized spacial score (nSPS) is 16.1. The van der Waals surface area contributed by atoms with Crippen LogP contribution in [0.25, 0.3) is 0 Å². The molecule has 130 valence electrons. The van der Waals surface area contributed by atoms with E-state index in [1.807, 2.05) is 0 Å². The average molecular weight is 353 g/mol. The summed E-state index contributed by atoms with van der Waals surface area (Å²) in [4.78, 5) is 24.3. The quantitative estimate of drug-likeness (QED) is 0.491. The van der Waals surface area contributed by atoms with Gasteiger partial charge in [0.15, 0.2) is 17.1 Å². The van der Waals surface area contributed by atoms with Crippen molar-refractivity contribution in [3.63, 3.8) is 0 Å². The summed E-state index contributed by atoms with van der Waals surface area (Å²) in [5.74, 6) is -1.64. The van der Waals surface area contributed by atoms with Crippen LogP contribution < -0.4 is 14.8 Å². The summed E-state index contributed by atoms with van der Waals surface area (Å²) in [6.07, 6.45) is 1.73. The number of thioether (sulfide) groups is 1. The van der Waals surface area contributed by atoms with E-state index in [0.717, 1.165) is 0 Å². The summed E-state index contributed by atoms with van der Waals surface area (Å²) in [6.45, 7) is 3.00. The Morgan fingerprint density at radius 2 is 1.67 bits per heavy atom. The molecular weight excluding hydrogens is 334 g/mol. The van der Waals surface area contributed by atoms with E-state index in [-0.39, 0.29) is 5.57 Å². The van der Waals surface area contributed by atoms with Crippen molar-refractivity contribution in [1.82, 2.24) is 0 Å². The van der Waals surface area contributed by atoms with Crippen LogP contribution >= 0.6 is 11.8 Å². The second-order valence-electron chi connectivity index (χ2n) is 5.28. The second-order valence-corrected chi connectivity index (χ2v) is 6.10. The van der Waals surface area contributed by atoms with Crippen LogP contribution in [-0.4, -0.2) is 38.2 Å². The monoisotopic (exact) mass is 353 g/mol. The fourth-order valence-electron chi connectivity index (χ4n) is 2.10. The van der Waals surface area contributed by atoms with Gasteiger partial charge in [0.25, 0.3) is 5.79 Å². The number of carbonyl (C=O) groups is 2. The van der Waals surface area contributed by atoms with Crippen molar-refractivity contribution >= 4 is 29.4 Å². The van der Waals surface area contributed by atoms with Gasteiger partial charge in [-0.05, 0) is 18.4 Å². The van der Waals surface area contributed by atoms with E-state index >= 15 is 0 Å². The fourth-order valence-corrected chi connectivity index (χ4v) is 2.69. The Hall–Kier alpha value is -2.35. The molecule has 0 amide bonds. The SMILES string of the molecule is COc1ccc(NC(SC)=C2C(=O)OC(C)(C)OC2=O)cc1OC. The smallest absolute Gasteiger partial charge is 0.351 e. The maximum atomic E-state index is 12.2. The maximum absolute atomic E-state index is 12.2. The molecule has 1 N–H and O–H groups in total. The van der Waals surface area contributed by atoms with E-state index in [0.29, 0.717) is 22.2 Å². The molecule has 0 radical (unpaired) electrons. The molecule has 1 saturated heterocycles. The second kappa shape index (κ2) is 7.04. The van der Waals surface area contributed by atoms with Crippen molar-refractivity contribution < 1.29 is 28.5 Å². The Labute approximate surface area is 144 Å². The van der Waals surface area contributed by atoms with Crippen LogP contribution in [0.1, 0.15) is 13.8 Å². The van der Waals surface area contributed by atoms with Crippen LogP contribution in [0, 0.1) is 0 Å².